The molecule has 0 aromatic heterocycles. The number of phenolic OH excluding ortho intramolecular Hbond substituents is 4. The first-order chi connectivity index (χ1) is 21.5. The van der Waals surface area contributed by atoms with Gasteiger partial charge in [-0.2, -0.15) is 0 Å². The monoisotopic (exact) mass is 712 g/mol. The van der Waals surface area contributed by atoms with Crippen molar-refractivity contribution in [1.82, 2.24) is 0 Å². The van der Waals surface area contributed by atoms with E-state index in [0.29, 0.717) is 33.6 Å². The second-order valence-electron chi connectivity index (χ2n) is 9.09. The van der Waals surface area contributed by atoms with Crippen molar-refractivity contribution in [2.24, 2.45) is 20.0 Å². The van der Waals surface area contributed by atoms with Crippen molar-refractivity contribution < 1.29 is 60.0 Å². The predicted molar refractivity (Wildman–Crippen MR) is 181 cm³/mol. The van der Waals surface area contributed by atoms with Crippen molar-refractivity contribution >= 4 is 36.2 Å². The van der Waals surface area contributed by atoms with Gasteiger partial charge in [-0.05, 0) is 60.7 Å². The van der Waals surface area contributed by atoms with Gasteiger partial charge in [-0.3, -0.25) is 20.0 Å². The van der Waals surface area contributed by atoms with Crippen molar-refractivity contribution in [3.63, 3.8) is 0 Å². The molecular formula is C36H32Fe2N4O5. The largest absolute Gasteiger partial charge is 0.507 e. The van der Waals surface area contributed by atoms with Crippen LogP contribution in [0.2, 0.25) is 0 Å². The van der Waals surface area contributed by atoms with E-state index in [0.717, 1.165) is 0 Å². The summed E-state index contributed by atoms with van der Waals surface area (Å²) in [6, 6.07) is 35.3. The number of nitrogens with zero attached hydrogens (tertiary/aromatic N) is 4. The van der Waals surface area contributed by atoms with E-state index in [1.807, 2.05) is 48.5 Å². The van der Waals surface area contributed by atoms with Gasteiger partial charge in [0.25, 0.3) is 0 Å². The molecular weight excluding hydrogens is 680 g/mol. The van der Waals surface area contributed by atoms with Crippen LogP contribution in [0.15, 0.2) is 154 Å². The molecule has 47 heavy (non-hydrogen) atoms. The fourth-order valence-electron chi connectivity index (χ4n) is 3.67. The topological polar surface area (TPSA) is 162 Å². The summed E-state index contributed by atoms with van der Waals surface area (Å²) in [5, 5.41) is 38.6. The zero-order valence-corrected chi connectivity index (χ0v) is 27.0. The van der Waals surface area contributed by atoms with Crippen molar-refractivity contribution in [3.8, 4) is 23.0 Å². The molecule has 0 aliphatic heterocycles. The van der Waals surface area contributed by atoms with E-state index in [1.54, 1.807) is 97.7 Å². The number of rotatable bonds is 8. The molecule has 0 atom stereocenters. The second kappa shape index (κ2) is 21.5. The average molecular weight is 712 g/mol. The molecule has 9 nitrogen and oxygen atoms in total. The quantitative estimate of drug-likeness (QED) is 0.102. The molecule has 11 heteroatoms. The molecule has 0 aliphatic carbocycles. The van der Waals surface area contributed by atoms with Crippen LogP contribution in [0, 0.1) is 0 Å². The van der Waals surface area contributed by atoms with Gasteiger partial charge in [0.05, 0.1) is 11.4 Å². The maximum atomic E-state index is 9.79. The summed E-state index contributed by atoms with van der Waals surface area (Å²) in [6.07, 6.45) is 9.29. The molecule has 0 fully saturated rings. The van der Waals surface area contributed by atoms with E-state index in [2.05, 4.69) is 20.0 Å². The SMILES string of the molecule is O.Oc1ccccc1C=N/C=C\N=Cc1ccccc1O.Oc1ccccc1C=Nc1ccccc1N=Cc1ccccc1O.[Fe].[Fe]. The Morgan fingerprint density at radius 2 is 0.617 bits per heavy atom. The molecule has 5 rings (SSSR count). The molecule has 5 aromatic rings. The molecule has 0 bridgehead atoms. The first kappa shape index (κ1) is 39.7. The van der Waals surface area contributed by atoms with Gasteiger partial charge in [0, 0.05) is 93.6 Å². The van der Waals surface area contributed by atoms with Crippen molar-refractivity contribution in [1.29, 1.82) is 0 Å². The van der Waals surface area contributed by atoms with Gasteiger partial charge in [-0.1, -0.05) is 60.7 Å². The number of phenols is 4. The minimum atomic E-state index is 0. The van der Waals surface area contributed by atoms with Gasteiger partial charge < -0.3 is 25.9 Å². The third-order valence-electron chi connectivity index (χ3n) is 5.98. The summed E-state index contributed by atoms with van der Waals surface area (Å²) >= 11 is 0. The summed E-state index contributed by atoms with van der Waals surface area (Å²) in [6.45, 7) is 0. The molecule has 0 radical (unpaired) electrons. The molecule has 0 unspecified atom stereocenters. The standard InChI is InChI=1S/C20H16N2O2.C16H14N2O2.2Fe.H2O/c23-19-11-5-1-7-15(19)13-21-17-9-3-4-10-18(17)22-14-16-8-2-6-12-20(16)24;19-15-7-3-1-5-13(15)11-17-9-10-18-12-14-6-2-4-8-16(14)20;;;/h1-14,23-24H;1-12,19-20H;;;1H2/b;10-9-,17-11?,18-12?;;;. The van der Waals surface area contributed by atoms with Crippen LogP contribution in [-0.2, 0) is 34.1 Å². The molecule has 0 saturated carbocycles. The van der Waals surface area contributed by atoms with E-state index >= 15 is 0 Å². The van der Waals surface area contributed by atoms with E-state index in [-0.39, 0.29) is 62.6 Å². The van der Waals surface area contributed by atoms with E-state index < -0.39 is 0 Å². The zero-order chi connectivity index (χ0) is 31.0. The number of hydrogen-bond acceptors (Lipinski definition) is 8. The molecule has 0 amide bonds. The van der Waals surface area contributed by atoms with Crippen LogP contribution in [0.5, 0.6) is 23.0 Å². The summed E-state index contributed by atoms with van der Waals surface area (Å²) in [4.78, 5) is 16.8. The first-order valence-corrected chi connectivity index (χ1v) is 13.5. The second-order valence-corrected chi connectivity index (χ2v) is 9.09. The molecule has 6 N–H and O–H groups in total. The van der Waals surface area contributed by atoms with Crippen LogP contribution in [0.1, 0.15) is 22.3 Å². The first-order valence-electron chi connectivity index (χ1n) is 13.5. The molecule has 0 spiro atoms. The van der Waals surface area contributed by atoms with Gasteiger partial charge in [0.15, 0.2) is 0 Å². The molecule has 242 valence electrons. The van der Waals surface area contributed by atoms with Gasteiger partial charge in [-0.25, -0.2) is 0 Å². The fraction of sp³-hybridized carbons (Fsp3) is 0. The Hall–Kier alpha value is -5.28. The van der Waals surface area contributed by atoms with Gasteiger partial charge in [-0.15, -0.1) is 0 Å². The van der Waals surface area contributed by atoms with Crippen LogP contribution in [0.3, 0.4) is 0 Å². The smallest absolute Gasteiger partial charge is 0.124 e. The zero-order valence-electron chi connectivity index (χ0n) is 24.8. The van der Waals surface area contributed by atoms with Crippen LogP contribution < -0.4 is 0 Å². The Bertz CT molecular complexity index is 1710. The van der Waals surface area contributed by atoms with Crippen molar-refractivity contribution in [3.05, 3.63) is 156 Å². The van der Waals surface area contributed by atoms with E-state index in [9.17, 15) is 20.4 Å². The average Bonchev–Trinajstić information content (AvgIpc) is 3.04. The Labute approximate surface area is 294 Å². The van der Waals surface area contributed by atoms with Crippen molar-refractivity contribution in [2.75, 3.05) is 0 Å². The number of benzene rings is 5. The third kappa shape index (κ3) is 12.9. The number of aromatic hydroxyl groups is 4. The van der Waals surface area contributed by atoms with E-state index in [1.165, 1.54) is 12.4 Å². The summed E-state index contributed by atoms with van der Waals surface area (Å²) in [7, 11) is 0. The van der Waals surface area contributed by atoms with Crippen LogP contribution in [0.25, 0.3) is 0 Å². The molecule has 0 aliphatic rings. The fourth-order valence-corrected chi connectivity index (χ4v) is 3.67. The Morgan fingerprint density at radius 1 is 0.362 bits per heavy atom. The summed E-state index contributed by atoms with van der Waals surface area (Å²) < 4.78 is 0. The maximum absolute atomic E-state index is 9.79. The predicted octanol–water partition coefficient (Wildman–Crippen LogP) is 6.88. The van der Waals surface area contributed by atoms with E-state index in [4.69, 9.17) is 0 Å². The normalized spacial score (nSPS) is 10.8. The van der Waals surface area contributed by atoms with Crippen LogP contribution in [0.4, 0.5) is 11.4 Å². The molecule has 5 aromatic carbocycles. The van der Waals surface area contributed by atoms with Crippen molar-refractivity contribution in [2.45, 2.75) is 0 Å². The van der Waals surface area contributed by atoms with Crippen LogP contribution in [-0.4, -0.2) is 50.8 Å². The number of aliphatic imine (C=N–C) groups is 4. The Balaban J connectivity index is 0.000000448. The van der Waals surface area contributed by atoms with Gasteiger partial charge in [0.2, 0.25) is 0 Å². The van der Waals surface area contributed by atoms with Crippen LogP contribution >= 0.6 is 0 Å². The Morgan fingerprint density at radius 3 is 0.915 bits per heavy atom. The maximum Gasteiger partial charge on any atom is 0.124 e. The summed E-state index contributed by atoms with van der Waals surface area (Å²) in [5.74, 6) is 0.720. The Kier molecular flexibility index (Phi) is 18.1. The third-order valence-corrected chi connectivity index (χ3v) is 5.98. The van der Waals surface area contributed by atoms with Gasteiger partial charge >= 0.3 is 0 Å². The van der Waals surface area contributed by atoms with Gasteiger partial charge in [0.1, 0.15) is 23.0 Å². The number of hydrogen-bond donors (Lipinski definition) is 4. The minimum Gasteiger partial charge on any atom is -0.507 e. The molecule has 0 saturated heterocycles. The summed E-state index contributed by atoms with van der Waals surface area (Å²) in [5.41, 5.74) is 3.90. The minimum absolute atomic E-state index is 0. The number of para-hydroxylation sites is 6. The molecule has 0 heterocycles.